The van der Waals surface area contributed by atoms with Crippen LogP contribution >= 0.6 is 11.3 Å². The average molecular weight is 399 g/mol. The van der Waals surface area contributed by atoms with Crippen molar-refractivity contribution in [3.05, 3.63) is 45.6 Å². The van der Waals surface area contributed by atoms with E-state index in [0.29, 0.717) is 6.61 Å². The molecule has 4 nitrogen and oxygen atoms in total. The summed E-state index contributed by atoms with van der Waals surface area (Å²) in [5, 5.41) is 0. The number of rotatable bonds is 5. The van der Waals surface area contributed by atoms with Gasteiger partial charge in [-0.1, -0.05) is 25.5 Å². The third-order valence-corrected chi connectivity index (χ3v) is 7.27. The minimum atomic E-state index is 0.213. The molecule has 1 aromatic carbocycles. The molecule has 1 aliphatic heterocycles. The van der Waals surface area contributed by atoms with Crippen molar-refractivity contribution < 1.29 is 9.53 Å². The van der Waals surface area contributed by atoms with E-state index < -0.39 is 0 Å². The normalized spacial score (nSPS) is 19.4. The topological polar surface area (TPSA) is 32.8 Å². The van der Waals surface area contributed by atoms with Crippen LogP contribution in [-0.2, 0) is 12.8 Å². The monoisotopic (exact) mass is 398 g/mol. The van der Waals surface area contributed by atoms with Crippen molar-refractivity contribution in [3.63, 3.8) is 0 Å². The van der Waals surface area contributed by atoms with E-state index in [-0.39, 0.29) is 5.91 Å². The number of amides is 1. The maximum Gasteiger partial charge on any atom is 0.264 e. The van der Waals surface area contributed by atoms with E-state index in [1.54, 1.807) is 11.3 Å². The Morgan fingerprint density at radius 2 is 1.96 bits per heavy atom. The van der Waals surface area contributed by atoms with Gasteiger partial charge in [-0.05, 0) is 55.9 Å². The fourth-order valence-corrected chi connectivity index (χ4v) is 5.53. The molecule has 2 aromatic rings. The summed E-state index contributed by atoms with van der Waals surface area (Å²) >= 11 is 1.73. The van der Waals surface area contributed by atoms with Crippen molar-refractivity contribution in [2.24, 2.45) is 5.92 Å². The molecule has 0 bridgehead atoms. The first-order valence-corrected chi connectivity index (χ1v) is 11.4. The minimum Gasteiger partial charge on any atom is -0.492 e. The average Bonchev–Trinajstić information content (AvgIpc) is 3.17. The molecular formula is C23H30N2O2S. The highest BCUT2D eigenvalue weighted by atomic mass is 32.1. The Morgan fingerprint density at radius 3 is 2.71 bits per heavy atom. The van der Waals surface area contributed by atoms with Crippen molar-refractivity contribution >= 4 is 22.9 Å². The van der Waals surface area contributed by atoms with Gasteiger partial charge in [0.2, 0.25) is 0 Å². The van der Waals surface area contributed by atoms with E-state index in [1.165, 1.54) is 23.3 Å². The summed E-state index contributed by atoms with van der Waals surface area (Å²) in [6.07, 6.45) is 4.81. The molecule has 1 aliphatic carbocycles. The number of carbonyl (C=O) groups is 1. The number of nitrogens with zero attached hydrogens (tertiary/aromatic N) is 2. The number of thiophene rings is 1. The van der Waals surface area contributed by atoms with Crippen molar-refractivity contribution in [2.45, 2.75) is 39.5 Å². The van der Waals surface area contributed by atoms with Crippen LogP contribution in [-0.4, -0.2) is 43.6 Å². The molecule has 2 aliphatic rings. The zero-order valence-electron chi connectivity index (χ0n) is 16.9. The number of aryl methyl sites for hydroxylation is 1. The summed E-state index contributed by atoms with van der Waals surface area (Å²) < 4.78 is 5.78. The number of hydrogen-bond acceptors (Lipinski definition) is 4. The molecule has 1 atom stereocenters. The Hall–Kier alpha value is -2.01. The van der Waals surface area contributed by atoms with Crippen LogP contribution in [0.1, 0.15) is 46.8 Å². The third kappa shape index (κ3) is 3.90. The van der Waals surface area contributed by atoms with Gasteiger partial charge < -0.3 is 14.5 Å². The minimum absolute atomic E-state index is 0.213. The predicted molar refractivity (Wildman–Crippen MR) is 116 cm³/mol. The molecule has 0 saturated carbocycles. The molecule has 150 valence electrons. The Labute approximate surface area is 172 Å². The molecule has 0 radical (unpaired) electrons. The van der Waals surface area contributed by atoms with Gasteiger partial charge in [0.1, 0.15) is 5.75 Å². The lowest BCUT2D eigenvalue weighted by Gasteiger charge is -2.36. The third-order valence-electron chi connectivity index (χ3n) is 6.05. The van der Waals surface area contributed by atoms with Gasteiger partial charge in [0.05, 0.1) is 17.2 Å². The van der Waals surface area contributed by atoms with Crippen molar-refractivity contribution in [1.82, 2.24) is 4.90 Å². The summed E-state index contributed by atoms with van der Waals surface area (Å²) in [6.45, 7) is 8.17. The van der Waals surface area contributed by atoms with Crippen LogP contribution in [0.2, 0.25) is 0 Å². The van der Waals surface area contributed by atoms with Crippen LogP contribution in [0.25, 0.3) is 0 Å². The summed E-state index contributed by atoms with van der Waals surface area (Å²) in [7, 11) is 0. The standard InChI is InChI=1S/C23H30N2O2S/c1-3-17-9-10-21-18(15-17)16-22(28-21)23(26)25-13-11-24(12-14-25)19-7-5-6-8-20(19)27-4-2/h5-8,16-17H,3-4,9-15H2,1-2H3/t17-/m1/s1. The van der Waals surface area contributed by atoms with Gasteiger partial charge in [0.25, 0.3) is 5.91 Å². The lowest BCUT2D eigenvalue weighted by molar-refractivity contribution is 0.0751. The molecule has 1 amide bonds. The van der Waals surface area contributed by atoms with Crippen LogP contribution in [0.3, 0.4) is 0 Å². The molecule has 2 heterocycles. The van der Waals surface area contributed by atoms with Crippen molar-refractivity contribution in [1.29, 1.82) is 0 Å². The van der Waals surface area contributed by atoms with Gasteiger partial charge in [-0.3, -0.25) is 4.79 Å². The Balaban J connectivity index is 1.41. The Kier molecular flexibility index (Phi) is 5.90. The van der Waals surface area contributed by atoms with Gasteiger partial charge in [0, 0.05) is 31.1 Å². The lowest BCUT2D eigenvalue weighted by atomic mass is 9.87. The van der Waals surface area contributed by atoms with E-state index in [0.717, 1.165) is 61.3 Å². The summed E-state index contributed by atoms with van der Waals surface area (Å²) in [4.78, 5) is 19.8. The van der Waals surface area contributed by atoms with Crippen molar-refractivity contribution in [3.8, 4) is 5.75 Å². The SMILES string of the molecule is CCOc1ccccc1N1CCN(C(=O)c2cc3c(s2)CC[C@@H](CC)C3)CC1. The first-order valence-electron chi connectivity index (χ1n) is 10.6. The smallest absolute Gasteiger partial charge is 0.264 e. The molecule has 28 heavy (non-hydrogen) atoms. The van der Waals surface area contributed by atoms with E-state index >= 15 is 0 Å². The van der Waals surface area contributed by atoms with Gasteiger partial charge in [-0.25, -0.2) is 0 Å². The second kappa shape index (κ2) is 8.56. The number of piperazine rings is 1. The van der Waals surface area contributed by atoms with Crippen LogP contribution < -0.4 is 9.64 Å². The van der Waals surface area contributed by atoms with Crippen molar-refractivity contribution in [2.75, 3.05) is 37.7 Å². The summed E-state index contributed by atoms with van der Waals surface area (Å²) in [6, 6.07) is 10.4. The number of hydrogen-bond donors (Lipinski definition) is 0. The van der Waals surface area contributed by atoms with E-state index in [4.69, 9.17) is 4.74 Å². The number of anilines is 1. The Bertz CT molecular complexity index is 824. The molecule has 0 spiro atoms. The van der Waals surface area contributed by atoms with E-state index in [9.17, 15) is 4.79 Å². The van der Waals surface area contributed by atoms with E-state index in [1.807, 2.05) is 24.0 Å². The quantitative estimate of drug-likeness (QED) is 0.736. The van der Waals surface area contributed by atoms with Crippen LogP contribution in [0.15, 0.2) is 30.3 Å². The molecule has 1 fully saturated rings. The lowest BCUT2D eigenvalue weighted by Crippen LogP contribution is -2.48. The maximum atomic E-state index is 13.1. The van der Waals surface area contributed by atoms with Gasteiger partial charge in [0.15, 0.2) is 0 Å². The predicted octanol–water partition coefficient (Wildman–Crippen LogP) is 4.62. The molecule has 5 heteroatoms. The molecular weight excluding hydrogens is 368 g/mol. The summed E-state index contributed by atoms with van der Waals surface area (Å²) in [5.41, 5.74) is 2.56. The zero-order chi connectivity index (χ0) is 19.5. The molecule has 4 rings (SSSR count). The molecule has 0 unspecified atom stereocenters. The largest absolute Gasteiger partial charge is 0.492 e. The second-order valence-electron chi connectivity index (χ2n) is 7.76. The number of carbonyl (C=O) groups excluding carboxylic acids is 1. The fourth-order valence-electron chi connectivity index (χ4n) is 4.36. The number of para-hydroxylation sites is 2. The van der Waals surface area contributed by atoms with Gasteiger partial charge in [-0.2, -0.15) is 0 Å². The molecule has 1 saturated heterocycles. The van der Waals surface area contributed by atoms with E-state index in [2.05, 4.69) is 30.0 Å². The van der Waals surface area contributed by atoms with Crippen LogP contribution in [0, 0.1) is 5.92 Å². The highest BCUT2D eigenvalue weighted by Gasteiger charge is 2.27. The fraction of sp³-hybridized carbons (Fsp3) is 0.522. The second-order valence-corrected chi connectivity index (χ2v) is 8.89. The number of benzene rings is 1. The van der Waals surface area contributed by atoms with Crippen LogP contribution in [0.5, 0.6) is 5.75 Å². The number of ether oxygens (including phenoxy) is 1. The number of fused-ring (bicyclic) bond motifs is 1. The zero-order valence-corrected chi connectivity index (χ0v) is 17.8. The summed E-state index contributed by atoms with van der Waals surface area (Å²) in [5.74, 6) is 1.94. The van der Waals surface area contributed by atoms with Gasteiger partial charge in [-0.15, -0.1) is 11.3 Å². The Morgan fingerprint density at radius 1 is 1.18 bits per heavy atom. The first kappa shape index (κ1) is 19.3. The van der Waals surface area contributed by atoms with Gasteiger partial charge >= 0.3 is 0 Å². The molecule has 0 N–H and O–H groups in total. The maximum absolute atomic E-state index is 13.1. The first-order chi connectivity index (χ1) is 13.7. The van der Waals surface area contributed by atoms with Crippen LogP contribution in [0.4, 0.5) is 5.69 Å². The highest BCUT2D eigenvalue weighted by Crippen LogP contribution is 2.34. The highest BCUT2D eigenvalue weighted by molar-refractivity contribution is 7.14. The molecule has 1 aromatic heterocycles.